The Hall–Kier alpha value is -4.06. The normalized spacial score (nSPS) is 11.7. The highest BCUT2D eigenvalue weighted by atomic mass is 16.5. The molecule has 0 atom stereocenters. The fourth-order valence-electron chi connectivity index (χ4n) is 4.10. The second kappa shape index (κ2) is 8.23. The Morgan fingerprint density at radius 2 is 1.88 bits per heavy atom. The van der Waals surface area contributed by atoms with E-state index < -0.39 is 5.91 Å². The summed E-state index contributed by atoms with van der Waals surface area (Å²) >= 11 is 0. The molecule has 0 saturated carbocycles. The number of rotatable bonds is 6. The molecular formula is C26H23N3O3. The van der Waals surface area contributed by atoms with Gasteiger partial charge in [0.2, 0.25) is 0 Å². The smallest absolute Gasteiger partial charge is 0.307 e. The van der Waals surface area contributed by atoms with Crippen LogP contribution in [0.2, 0.25) is 0 Å². The van der Waals surface area contributed by atoms with Gasteiger partial charge in [0, 0.05) is 33.7 Å². The molecule has 0 radical (unpaired) electrons. The molecule has 0 aliphatic carbocycles. The van der Waals surface area contributed by atoms with Crippen LogP contribution in [0.15, 0.2) is 76.2 Å². The number of hydrazone groups is 1. The lowest BCUT2D eigenvalue weighted by molar-refractivity contribution is 0.0929. The minimum Gasteiger partial charge on any atom is -0.494 e. The van der Waals surface area contributed by atoms with E-state index in [2.05, 4.69) is 52.3 Å². The molecule has 0 aliphatic rings. The van der Waals surface area contributed by atoms with Gasteiger partial charge in [-0.1, -0.05) is 24.3 Å². The molecule has 160 valence electrons. The van der Waals surface area contributed by atoms with Crippen molar-refractivity contribution < 1.29 is 13.9 Å². The largest absolute Gasteiger partial charge is 0.494 e. The van der Waals surface area contributed by atoms with Crippen LogP contribution in [0.3, 0.4) is 0 Å². The number of nitrogens with zero attached hydrogens (tertiary/aromatic N) is 2. The molecule has 0 spiro atoms. The summed E-state index contributed by atoms with van der Waals surface area (Å²) < 4.78 is 13.4. The average Bonchev–Trinajstić information content (AvgIpc) is 3.38. The van der Waals surface area contributed by atoms with Crippen molar-refractivity contribution >= 4 is 44.9 Å². The monoisotopic (exact) mass is 425 g/mol. The lowest BCUT2D eigenvalue weighted by Crippen LogP contribution is -2.16. The Morgan fingerprint density at radius 1 is 1.03 bits per heavy atom. The summed E-state index contributed by atoms with van der Waals surface area (Å²) in [6.07, 6.45) is 1.64. The zero-order chi connectivity index (χ0) is 22.1. The third-order valence-corrected chi connectivity index (χ3v) is 5.51. The Kier molecular flexibility index (Phi) is 5.11. The average molecular weight is 425 g/mol. The summed E-state index contributed by atoms with van der Waals surface area (Å²) in [5.74, 6) is 0.539. The fraction of sp³-hybridized carbons (Fsp3) is 0.154. The Labute approximate surface area is 185 Å². The number of furan rings is 1. The standard InChI is InChI=1S/C26H23N3O3/c1-3-29-22-8-6-5-7-20(22)21-13-17(9-11-23(21)29)16-27-28-26(30)25-15-18-14-19(31-4-2)10-12-24(18)32-25/h5-16H,3-4H2,1-2H3,(H,28,30)/b27-16+. The van der Waals surface area contributed by atoms with Gasteiger partial charge >= 0.3 is 5.91 Å². The molecule has 0 saturated heterocycles. The zero-order valence-electron chi connectivity index (χ0n) is 18.0. The Balaban J connectivity index is 1.37. The van der Waals surface area contributed by atoms with Crippen molar-refractivity contribution in [1.29, 1.82) is 0 Å². The SMILES string of the molecule is CCOc1ccc2oc(C(=O)N/N=C/c3ccc4c(c3)c3ccccc3n4CC)cc2c1. The number of carbonyl (C=O) groups excluding carboxylic acids is 1. The lowest BCUT2D eigenvalue weighted by atomic mass is 10.1. The number of hydrogen-bond acceptors (Lipinski definition) is 4. The summed E-state index contributed by atoms with van der Waals surface area (Å²) in [4.78, 5) is 12.5. The highest BCUT2D eigenvalue weighted by Crippen LogP contribution is 2.29. The van der Waals surface area contributed by atoms with Crippen LogP contribution in [0.5, 0.6) is 5.75 Å². The minimum atomic E-state index is -0.404. The van der Waals surface area contributed by atoms with E-state index >= 15 is 0 Å². The van der Waals surface area contributed by atoms with Gasteiger partial charge in [0.1, 0.15) is 11.3 Å². The van der Waals surface area contributed by atoms with Gasteiger partial charge in [-0.15, -0.1) is 0 Å². The van der Waals surface area contributed by atoms with Crippen molar-refractivity contribution in [3.05, 3.63) is 78.1 Å². The summed E-state index contributed by atoms with van der Waals surface area (Å²) in [5, 5.41) is 7.31. The van der Waals surface area contributed by atoms with Crippen LogP contribution in [0.1, 0.15) is 30.0 Å². The second-order valence-electron chi connectivity index (χ2n) is 7.48. The molecule has 2 aromatic heterocycles. The van der Waals surface area contributed by atoms with Gasteiger partial charge in [0.15, 0.2) is 5.76 Å². The van der Waals surface area contributed by atoms with Crippen LogP contribution in [-0.2, 0) is 6.54 Å². The molecule has 0 bridgehead atoms. The van der Waals surface area contributed by atoms with E-state index in [1.807, 2.05) is 31.2 Å². The molecule has 0 aliphatic heterocycles. The molecular weight excluding hydrogens is 402 g/mol. The number of aromatic nitrogens is 1. The predicted molar refractivity (Wildman–Crippen MR) is 128 cm³/mol. The van der Waals surface area contributed by atoms with E-state index in [1.165, 1.54) is 21.8 Å². The molecule has 2 heterocycles. The zero-order valence-corrected chi connectivity index (χ0v) is 18.0. The number of nitrogens with one attached hydrogen (secondary N) is 1. The second-order valence-corrected chi connectivity index (χ2v) is 7.48. The van der Waals surface area contributed by atoms with Crippen LogP contribution in [-0.4, -0.2) is 23.3 Å². The van der Waals surface area contributed by atoms with Crippen molar-refractivity contribution in [3.63, 3.8) is 0 Å². The summed E-state index contributed by atoms with van der Waals surface area (Å²) in [6.45, 7) is 5.55. The minimum absolute atomic E-state index is 0.201. The third-order valence-electron chi connectivity index (χ3n) is 5.51. The topological polar surface area (TPSA) is 68.8 Å². The maximum absolute atomic E-state index is 12.5. The highest BCUT2D eigenvalue weighted by Gasteiger charge is 2.13. The molecule has 32 heavy (non-hydrogen) atoms. The van der Waals surface area contributed by atoms with E-state index in [0.29, 0.717) is 12.2 Å². The first-order valence-electron chi connectivity index (χ1n) is 10.7. The number of amides is 1. The number of carbonyl (C=O) groups is 1. The number of aryl methyl sites for hydroxylation is 1. The lowest BCUT2D eigenvalue weighted by Gasteiger charge is -2.02. The maximum atomic E-state index is 12.5. The molecule has 6 heteroatoms. The van der Waals surface area contributed by atoms with Gasteiger partial charge < -0.3 is 13.7 Å². The van der Waals surface area contributed by atoms with E-state index in [0.717, 1.165) is 23.2 Å². The van der Waals surface area contributed by atoms with E-state index in [4.69, 9.17) is 9.15 Å². The molecule has 6 nitrogen and oxygen atoms in total. The van der Waals surface area contributed by atoms with Gasteiger partial charge in [0.05, 0.1) is 12.8 Å². The van der Waals surface area contributed by atoms with Crippen LogP contribution in [0.25, 0.3) is 32.8 Å². The van der Waals surface area contributed by atoms with Crippen molar-refractivity contribution in [3.8, 4) is 5.75 Å². The van der Waals surface area contributed by atoms with Crippen LogP contribution in [0.4, 0.5) is 0 Å². The van der Waals surface area contributed by atoms with Crippen molar-refractivity contribution in [2.24, 2.45) is 5.10 Å². The van der Waals surface area contributed by atoms with Crippen LogP contribution in [0, 0.1) is 0 Å². The highest BCUT2D eigenvalue weighted by molar-refractivity contribution is 6.09. The fourth-order valence-corrected chi connectivity index (χ4v) is 4.10. The number of para-hydroxylation sites is 1. The first kappa shape index (κ1) is 19.9. The molecule has 5 aromatic rings. The van der Waals surface area contributed by atoms with Gasteiger partial charge in [-0.05, 0) is 61.9 Å². The maximum Gasteiger partial charge on any atom is 0.307 e. The molecule has 0 fully saturated rings. The Bertz CT molecular complexity index is 1480. The summed E-state index contributed by atoms with van der Waals surface area (Å²) in [5.41, 5.74) is 6.48. The first-order chi connectivity index (χ1) is 15.7. The molecule has 5 rings (SSSR count). The summed E-state index contributed by atoms with van der Waals surface area (Å²) in [6, 6.07) is 21.7. The first-order valence-corrected chi connectivity index (χ1v) is 10.7. The van der Waals surface area contributed by atoms with Crippen molar-refractivity contribution in [2.45, 2.75) is 20.4 Å². The van der Waals surface area contributed by atoms with Gasteiger partial charge in [0.25, 0.3) is 0 Å². The molecule has 3 aromatic carbocycles. The Morgan fingerprint density at radius 3 is 2.72 bits per heavy atom. The number of benzene rings is 3. The van der Waals surface area contributed by atoms with Gasteiger partial charge in [-0.25, -0.2) is 5.43 Å². The number of hydrogen-bond donors (Lipinski definition) is 1. The van der Waals surface area contributed by atoms with Crippen molar-refractivity contribution in [2.75, 3.05) is 6.61 Å². The molecule has 0 unspecified atom stereocenters. The predicted octanol–water partition coefficient (Wildman–Crippen LogP) is 5.72. The van der Waals surface area contributed by atoms with Crippen molar-refractivity contribution in [1.82, 2.24) is 9.99 Å². The van der Waals surface area contributed by atoms with Gasteiger partial charge in [-0.2, -0.15) is 5.10 Å². The van der Waals surface area contributed by atoms with E-state index in [-0.39, 0.29) is 5.76 Å². The van der Waals surface area contributed by atoms with Crippen LogP contribution < -0.4 is 10.2 Å². The molecule has 1 N–H and O–H groups in total. The number of ether oxygens (including phenoxy) is 1. The molecule has 1 amide bonds. The number of fused-ring (bicyclic) bond motifs is 4. The van der Waals surface area contributed by atoms with E-state index in [9.17, 15) is 4.79 Å². The van der Waals surface area contributed by atoms with Crippen LogP contribution >= 0.6 is 0 Å². The van der Waals surface area contributed by atoms with Gasteiger partial charge in [-0.3, -0.25) is 4.79 Å². The quantitative estimate of drug-likeness (QED) is 0.279. The summed E-state index contributed by atoms with van der Waals surface area (Å²) in [7, 11) is 0. The van der Waals surface area contributed by atoms with E-state index in [1.54, 1.807) is 18.3 Å². The third kappa shape index (κ3) is 3.50.